The van der Waals surface area contributed by atoms with E-state index in [1.807, 2.05) is 24.3 Å². The molecule has 8 heteroatoms. The topological polar surface area (TPSA) is 78.6 Å². The molecule has 0 radical (unpaired) electrons. The summed E-state index contributed by atoms with van der Waals surface area (Å²) in [5.41, 5.74) is 0.376. The Labute approximate surface area is 162 Å². The lowest BCUT2D eigenvalue weighted by atomic mass is 9.73. The van der Waals surface area contributed by atoms with E-state index in [2.05, 4.69) is 15.9 Å². The highest BCUT2D eigenvalue weighted by atomic mass is 79.9. The number of allylic oxidation sites excluding steroid dienone is 4. The van der Waals surface area contributed by atoms with Gasteiger partial charge < -0.3 is 9.47 Å². The molecule has 0 aliphatic heterocycles. The number of hydrogen-bond acceptors (Lipinski definition) is 4. The Kier molecular flexibility index (Phi) is 6.87. The number of rotatable bonds is 7. The van der Waals surface area contributed by atoms with Crippen molar-refractivity contribution >= 4 is 37.6 Å². The van der Waals surface area contributed by atoms with Crippen molar-refractivity contribution in [2.45, 2.75) is 25.6 Å². The Bertz CT molecular complexity index is 790. The number of hydrogen-bond donors (Lipinski definition) is 1. The molecule has 0 fully saturated rings. The van der Waals surface area contributed by atoms with Crippen LogP contribution in [-0.2, 0) is 25.9 Å². The molecule has 0 heterocycles. The molecular weight excluding hydrogens is 430 g/mol. The van der Waals surface area contributed by atoms with Gasteiger partial charge in [-0.3, -0.25) is 0 Å². The molecule has 0 aromatic heterocycles. The summed E-state index contributed by atoms with van der Waals surface area (Å²) < 4.78 is 35.2. The number of sulfonamides is 1. The molecule has 1 aliphatic carbocycles. The first-order valence-electron chi connectivity index (χ1n) is 7.60. The maximum atomic E-state index is 11.8. The van der Waals surface area contributed by atoms with Crippen molar-refractivity contribution in [3.05, 3.63) is 56.4 Å². The smallest absolute Gasteiger partial charge is 0.234 e. The Balaban J connectivity index is 2.40. The van der Waals surface area contributed by atoms with Gasteiger partial charge in [-0.25, -0.2) is 13.6 Å². The van der Waals surface area contributed by atoms with Crippen LogP contribution in [0.5, 0.6) is 0 Å². The predicted molar refractivity (Wildman–Crippen MR) is 103 cm³/mol. The highest BCUT2D eigenvalue weighted by Gasteiger charge is 2.36. The molecule has 0 spiro atoms. The number of primary sulfonamides is 1. The number of benzene rings is 1. The van der Waals surface area contributed by atoms with Crippen molar-refractivity contribution in [3.8, 4) is 0 Å². The van der Waals surface area contributed by atoms with Gasteiger partial charge >= 0.3 is 0 Å². The van der Waals surface area contributed by atoms with E-state index in [0.29, 0.717) is 17.9 Å². The van der Waals surface area contributed by atoms with Crippen molar-refractivity contribution in [1.29, 1.82) is 0 Å². The average Bonchev–Trinajstić information content (AvgIpc) is 2.55. The van der Waals surface area contributed by atoms with Crippen LogP contribution < -0.4 is 5.14 Å². The highest BCUT2D eigenvalue weighted by molar-refractivity contribution is 9.10. The summed E-state index contributed by atoms with van der Waals surface area (Å²) in [6.45, 7) is 0. The van der Waals surface area contributed by atoms with Gasteiger partial charge in [-0.1, -0.05) is 45.7 Å². The van der Waals surface area contributed by atoms with E-state index >= 15 is 0 Å². The molecule has 0 saturated carbocycles. The van der Waals surface area contributed by atoms with Gasteiger partial charge in [0.1, 0.15) is 0 Å². The molecule has 138 valence electrons. The molecule has 1 aliphatic rings. The van der Waals surface area contributed by atoms with E-state index in [1.54, 1.807) is 20.3 Å². The minimum atomic E-state index is -3.77. The van der Waals surface area contributed by atoms with Gasteiger partial charge in [-0.2, -0.15) is 0 Å². The summed E-state index contributed by atoms with van der Waals surface area (Å²) in [5.74, 6) is 0. The Morgan fingerprint density at radius 3 is 2.60 bits per heavy atom. The van der Waals surface area contributed by atoms with Crippen molar-refractivity contribution in [2.75, 3.05) is 14.2 Å². The van der Waals surface area contributed by atoms with Crippen LogP contribution in [-0.4, -0.2) is 28.9 Å². The van der Waals surface area contributed by atoms with Crippen molar-refractivity contribution < 1.29 is 17.9 Å². The summed E-state index contributed by atoms with van der Waals surface area (Å²) in [4.78, 5) is 0.189. The standard InChI is InChI=1S/C17H21BrClNO4S/c1-23-16(24-2)11-17(7-3-4-14(10-17)25(20,21)22)9-12-5-6-13(18)8-15(12)19/h3-8,16H,9-11H2,1-2H3,(H2,20,21,22). The van der Waals surface area contributed by atoms with E-state index in [1.165, 1.54) is 6.08 Å². The average molecular weight is 451 g/mol. The molecular formula is C17H21BrClNO4S. The zero-order valence-electron chi connectivity index (χ0n) is 14.0. The van der Waals surface area contributed by atoms with Crippen LogP contribution >= 0.6 is 27.5 Å². The SMILES string of the molecule is COC(CC1(Cc2ccc(Br)cc2Cl)C=CC=C(S(N)(=O)=O)C1)OC. The number of methoxy groups -OCH3 is 2. The number of ether oxygens (including phenoxy) is 2. The quantitative estimate of drug-likeness (QED) is 0.641. The largest absolute Gasteiger partial charge is 0.356 e. The molecule has 0 amide bonds. The molecule has 2 N–H and O–H groups in total. The van der Waals surface area contributed by atoms with Crippen LogP contribution in [0, 0.1) is 5.41 Å². The van der Waals surface area contributed by atoms with E-state index in [-0.39, 0.29) is 11.3 Å². The first-order chi connectivity index (χ1) is 11.7. The third-order valence-corrected chi connectivity index (χ3v) is 6.14. The van der Waals surface area contributed by atoms with Gasteiger partial charge in [0.2, 0.25) is 10.0 Å². The van der Waals surface area contributed by atoms with E-state index in [0.717, 1.165) is 10.0 Å². The van der Waals surface area contributed by atoms with Gasteiger partial charge in [0.25, 0.3) is 0 Å². The third-order valence-electron chi connectivity index (χ3n) is 4.28. The van der Waals surface area contributed by atoms with E-state index < -0.39 is 21.7 Å². The summed E-state index contributed by atoms with van der Waals surface area (Å²) in [7, 11) is -0.662. The third kappa shape index (κ3) is 5.39. The molecule has 0 saturated heterocycles. The second kappa shape index (κ2) is 8.33. The molecule has 1 atom stereocenters. The second-order valence-corrected chi connectivity index (χ2v) is 9.03. The maximum absolute atomic E-state index is 11.8. The van der Waals surface area contributed by atoms with Crippen LogP contribution in [0.4, 0.5) is 0 Å². The molecule has 25 heavy (non-hydrogen) atoms. The molecule has 1 aromatic rings. The zero-order valence-corrected chi connectivity index (χ0v) is 17.2. The van der Waals surface area contributed by atoms with Crippen LogP contribution in [0.2, 0.25) is 5.02 Å². The fourth-order valence-electron chi connectivity index (χ4n) is 2.99. The predicted octanol–water partition coefficient (Wildman–Crippen LogP) is 3.77. The molecule has 2 rings (SSSR count). The Morgan fingerprint density at radius 2 is 2.04 bits per heavy atom. The number of halogens is 2. The summed E-state index contributed by atoms with van der Waals surface area (Å²) in [6, 6.07) is 5.64. The molecule has 0 bridgehead atoms. The molecule has 1 unspecified atom stereocenters. The number of nitrogens with two attached hydrogens (primary N) is 1. The van der Waals surface area contributed by atoms with Crippen molar-refractivity contribution in [3.63, 3.8) is 0 Å². The summed E-state index contributed by atoms with van der Waals surface area (Å²) in [6.07, 6.45) is 6.02. The summed E-state index contributed by atoms with van der Waals surface area (Å²) >= 11 is 9.76. The van der Waals surface area contributed by atoms with Gasteiger partial charge in [0, 0.05) is 35.6 Å². The Hall–Kier alpha value is -0.700. The van der Waals surface area contributed by atoms with Gasteiger partial charge in [-0.05, 0) is 36.6 Å². The normalized spacial score (nSPS) is 20.8. The van der Waals surface area contributed by atoms with Crippen LogP contribution in [0.15, 0.2) is 45.8 Å². The van der Waals surface area contributed by atoms with Gasteiger partial charge in [-0.15, -0.1) is 0 Å². The summed E-state index contributed by atoms with van der Waals surface area (Å²) in [5, 5.41) is 5.96. The minimum Gasteiger partial charge on any atom is -0.356 e. The van der Waals surface area contributed by atoms with Crippen LogP contribution in [0.25, 0.3) is 0 Å². The zero-order chi connectivity index (χ0) is 18.7. The monoisotopic (exact) mass is 449 g/mol. The first-order valence-corrected chi connectivity index (χ1v) is 10.3. The van der Waals surface area contributed by atoms with Gasteiger partial charge in [0.05, 0.1) is 4.91 Å². The fraction of sp³-hybridized carbons (Fsp3) is 0.412. The molecule has 5 nitrogen and oxygen atoms in total. The Morgan fingerprint density at radius 1 is 1.36 bits per heavy atom. The maximum Gasteiger partial charge on any atom is 0.234 e. The van der Waals surface area contributed by atoms with E-state index in [4.69, 9.17) is 26.2 Å². The lowest BCUT2D eigenvalue weighted by Crippen LogP contribution is -2.33. The van der Waals surface area contributed by atoms with Gasteiger partial charge in [0.15, 0.2) is 6.29 Å². The molecule has 1 aromatic carbocycles. The second-order valence-electron chi connectivity index (χ2n) is 6.09. The highest BCUT2D eigenvalue weighted by Crippen LogP contribution is 2.42. The van der Waals surface area contributed by atoms with E-state index in [9.17, 15) is 8.42 Å². The van der Waals surface area contributed by atoms with Crippen molar-refractivity contribution in [1.82, 2.24) is 0 Å². The lowest BCUT2D eigenvalue weighted by Gasteiger charge is -2.36. The van der Waals surface area contributed by atoms with Crippen LogP contribution in [0.3, 0.4) is 0 Å². The lowest BCUT2D eigenvalue weighted by molar-refractivity contribution is -0.121. The first kappa shape index (κ1) is 20.6. The fourth-order valence-corrected chi connectivity index (χ4v) is 4.49. The van der Waals surface area contributed by atoms with Crippen molar-refractivity contribution in [2.24, 2.45) is 10.6 Å². The van der Waals surface area contributed by atoms with Crippen LogP contribution in [0.1, 0.15) is 18.4 Å². The minimum absolute atomic E-state index is 0.189.